The zero-order chi connectivity index (χ0) is 30.1. The average Bonchev–Trinajstić information content (AvgIpc) is 3.42. The van der Waals surface area contributed by atoms with Crippen molar-refractivity contribution in [3.63, 3.8) is 0 Å². The van der Waals surface area contributed by atoms with Crippen LogP contribution in [0, 0.1) is 6.92 Å². The van der Waals surface area contributed by atoms with Gasteiger partial charge in [0.25, 0.3) is 0 Å². The minimum Gasteiger partial charge on any atom is -0.247 e. The zero-order valence-electron chi connectivity index (χ0n) is 25.4. The highest BCUT2D eigenvalue weighted by Gasteiger charge is 2.31. The van der Waals surface area contributed by atoms with E-state index in [1.807, 2.05) is 0 Å². The maximum atomic E-state index is 5.27. The normalized spacial score (nSPS) is 11.9. The molecule has 1 heteroatoms. The number of hydrogen-bond donors (Lipinski definition) is 0. The van der Waals surface area contributed by atoms with Gasteiger partial charge >= 0.3 is 0 Å². The van der Waals surface area contributed by atoms with E-state index >= 15 is 0 Å². The summed E-state index contributed by atoms with van der Waals surface area (Å²) < 4.78 is 0. The summed E-state index contributed by atoms with van der Waals surface area (Å²) in [6, 6.07) is 51.3. The van der Waals surface area contributed by atoms with Gasteiger partial charge in [0.15, 0.2) is 0 Å². The van der Waals surface area contributed by atoms with Crippen LogP contribution in [0.4, 0.5) is 0 Å². The lowest BCUT2D eigenvalue weighted by atomic mass is 9.82. The van der Waals surface area contributed by atoms with Gasteiger partial charge in [0.05, 0.1) is 11.2 Å². The minimum atomic E-state index is 1.02. The number of fused-ring (bicyclic) bond motifs is 5. The monoisotopic (exact) mass is 573 g/mol. The third kappa shape index (κ3) is 3.84. The van der Waals surface area contributed by atoms with Crippen molar-refractivity contribution in [2.75, 3.05) is 0 Å². The standard InChI is InChI=1S/C44H31N/c1-3-28-21-24-38-31(26-28)25-27(2)44(45-38)35-22-23-37-41-34(35)19-12-20-36(41)42-39(29-13-6-4-7-14-29)32-17-10-11-18-33(32)40(43(37)42)30-15-8-5-9-16-30/h4-26H,3H2,1-2H3. The first-order chi connectivity index (χ1) is 22.2. The van der Waals surface area contributed by atoms with Gasteiger partial charge in [0.1, 0.15) is 0 Å². The van der Waals surface area contributed by atoms with Gasteiger partial charge in [-0.05, 0) is 109 Å². The van der Waals surface area contributed by atoms with Gasteiger partial charge in [0.2, 0.25) is 0 Å². The van der Waals surface area contributed by atoms with Gasteiger partial charge in [-0.25, -0.2) is 4.98 Å². The Morgan fingerprint density at radius 1 is 0.489 bits per heavy atom. The van der Waals surface area contributed by atoms with E-state index in [9.17, 15) is 0 Å². The van der Waals surface area contributed by atoms with Crippen molar-refractivity contribution < 1.29 is 0 Å². The summed E-state index contributed by atoms with van der Waals surface area (Å²) in [4.78, 5) is 5.27. The molecular formula is C44H31N. The lowest BCUT2D eigenvalue weighted by molar-refractivity contribution is 1.14. The lowest BCUT2D eigenvalue weighted by Crippen LogP contribution is -1.93. The van der Waals surface area contributed by atoms with E-state index in [2.05, 4.69) is 153 Å². The molecule has 1 aromatic heterocycles. The van der Waals surface area contributed by atoms with E-state index in [0.29, 0.717) is 0 Å². The van der Waals surface area contributed by atoms with Crippen LogP contribution in [0.25, 0.3) is 88.2 Å². The average molecular weight is 574 g/mol. The van der Waals surface area contributed by atoms with Crippen molar-refractivity contribution in [3.05, 3.63) is 151 Å². The molecule has 1 aliphatic rings. The van der Waals surface area contributed by atoms with Crippen LogP contribution in [-0.2, 0) is 6.42 Å². The van der Waals surface area contributed by atoms with Crippen molar-refractivity contribution in [2.24, 2.45) is 0 Å². The Morgan fingerprint density at radius 3 is 1.71 bits per heavy atom. The third-order valence-corrected chi connectivity index (χ3v) is 9.65. The highest BCUT2D eigenvalue weighted by atomic mass is 14.7. The number of aromatic nitrogens is 1. The molecule has 7 aromatic carbocycles. The van der Waals surface area contributed by atoms with Crippen LogP contribution in [-0.4, -0.2) is 4.98 Å². The molecular weight excluding hydrogens is 542 g/mol. The molecule has 0 aliphatic heterocycles. The molecule has 1 nitrogen and oxygen atoms in total. The third-order valence-electron chi connectivity index (χ3n) is 9.65. The fraction of sp³-hybridized carbons (Fsp3) is 0.0682. The van der Waals surface area contributed by atoms with E-state index in [0.717, 1.165) is 17.6 Å². The highest BCUT2D eigenvalue weighted by Crippen LogP contribution is 2.58. The second-order valence-electron chi connectivity index (χ2n) is 12.2. The topological polar surface area (TPSA) is 12.9 Å². The van der Waals surface area contributed by atoms with Gasteiger partial charge in [-0.3, -0.25) is 0 Å². The molecule has 0 bridgehead atoms. The Balaban J connectivity index is 1.40. The van der Waals surface area contributed by atoms with Crippen molar-refractivity contribution >= 4 is 32.4 Å². The molecule has 9 rings (SSSR count). The summed E-state index contributed by atoms with van der Waals surface area (Å²) in [6.07, 6.45) is 1.02. The maximum Gasteiger partial charge on any atom is 0.0745 e. The Hall–Kier alpha value is -5.53. The molecule has 0 atom stereocenters. The molecule has 0 unspecified atom stereocenters. The molecule has 8 aromatic rings. The Bertz CT molecular complexity index is 2360. The smallest absolute Gasteiger partial charge is 0.0745 e. The van der Waals surface area contributed by atoms with E-state index < -0.39 is 0 Å². The minimum absolute atomic E-state index is 1.02. The quantitative estimate of drug-likeness (QED) is 0.204. The summed E-state index contributed by atoms with van der Waals surface area (Å²) in [7, 11) is 0. The number of aryl methyl sites for hydroxylation is 2. The van der Waals surface area contributed by atoms with Gasteiger partial charge in [0, 0.05) is 10.9 Å². The summed E-state index contributed by atoms with van der Waals surface area (Å²) in [6.45, 7) is 4.40. The van der Waals surface area contributed by atoms with E-state index in [-0.39, 0.29) is 0 Å². The fourth-order valence-corrected chi connectivity index (χ4v) is 7.64. The van der Waals surface area contributed by atoms with Crippen LogP contribution in [0.2, 0.25) is 0 Å². The molecule has 1 heterocycles. The molecule has 0 N–H and O–H groups in total. The van der Waals surface area contributed by atoms with Crippen molar-refractivity contribution in [2.45, 2.75) is 20.3 Å². The van der Waals surface area contributed by atoms with Crippen molar-refractivity contribution in [1.82, 2.24) is 4.98 Å². The van der Waals surface area contributed by atoms with Crippen LogP contribution in [0.1, 0.15) is 18.1 Å². The van der Waals surface area contributed by atoms with Gasteiger partial charge in [-0.2, -0.15) is 0 Å². The van der Waals surface area contributed by atoms with E-state index in [1.165, 1.54) is 88.1 Å². The largest absolute Gasteiger partial charge is 0.247 e. The number of rotatable bonds is 4. The molecule has 0 saturated carbocycles. The maximum absolute atomic E-state index is 5.27. The summed E-state index contributed by atoms with van der Waals surface area (Å²) in [5.41, 5.74) is 16.2. The number of benzene rings is 7. The summed E-state index contributed by atoms with van der Waals surface area (Å²) in [5, 5.41) is 6.34. The summed E-state index contributed by atoms with van der Waals surface area (Å²) >= 11 is 0. The van der Waals surface area contributed by atoms with Crippen molar-refractivity contribution in [1.29, 1.82) is 0 Å². The number of hydrogen-bond acceptors (Lipinski definition) is 1. The molecule has 45 heavy (non-hydrogen) atoms. The molecule has 0 amide bonds. The lowest BCUT2D eigenvalue weighted by Gasteiger charge is -2.20. The van der Waals surface area contributed by atoms with Crippen molar-refractivity contribution in [3.8, 4) is 55.8 Å². The van der Waals surface area contributed by atoms with Crippen LogP contribution < -0.4 is 0 Å². The molecule has 0 saturated heterocycles. The molecule has 212 valence electrons. The molecule has 0 fully saturated rings. The predicted octanol–water partition coefficient (Wildman–Crippen LogP) is 12.1. The fourth-order valence-electron chi connectivity index (χ4n) is 7.64. The number of nitrogens with zero attached hydrogens (tertiary/aromatic N) is 1. The van der Waals surface area contributed by atoms with Crippen LogP contribution >= 0.6 is 0 Å². The van der Waals surface area contributed by atoms with Gasteiger partial charge in [-0.1, -0.05) is 128 Å². The van der Waals surface area contributed by atoms with Crippen LogP contribution in [0.3, 0.4) is 0 Å². The SMILES string of the molecule is CCc1ccc2nc(-c3ccc4c5c(cccc35)-c3c-4c(-c4ccccc4)c4ccccc4c3-c3ccccc3)c(C)cc2c1. The van der Waals surface area contributed by atoms with E-state index in [4.69, 9.17) is 4.98 Å². The van der Waals surface area contributed by atoms with Gasteiger partial charge in [-0.15, -0.1) is 0 Å². The van der Waals surface area contributed by atoms with E-state index in [1.54, 1.807) is 0 Å². The highest BCUT2D eigenvalue weighted by molar-refractivity contribution is 6.28. The van der Waals surface area contributed by atoms with Crippen LogP contribution in [0.5, 0.6) is 0 Å². The second kappa shape index (κ2) is 10.0. The van der Waals surface area contributed by atoms with Crippen LogP contribution in [0.15, 0.2) is 140 Å². The zero-order valence-corrected chi connectivity index (χ0v) is 25.4. The summed E-state index contributed by atoms with van der Waals surface area (Å²) in [5.74, 6) is 0. The number of pyridine rings is 1. The molecule has 0 spiro atoms. The first kappa shape index (κ1) is 25.9. The first-order valence-corrected chi connectivity index (χ1v) is 15.9. The van der Waals surface area contributed by atoms with Gasteiger partial charge < -0.3 is 0 Å². The Labute approximate surface area is 263 Å². The molecule has 0 radical (unpaired) electrons. The first-order valence-electron chi connectivity index (χ1n) is 15.9. The second-order valence-corrected chi connectivity index (χ2v) is 12.2. The Kier molecular flexibility index (Phi) is 5.76. The molecule has 1 aliphatic carbocycles. The predicted molar refractivity (Wildman–Crippen MR) is 192 cm³/mol. The Morgan fingerprint density at radius 2 is 1.07 bits per heavy atom.